The van der Waals surface area contributed by atoms with E-state index in [1.54, 1.807) is 24.5 Å². The number of anilines is 1. The zero-order chi connectivity index (χ0) is 13.8. The van der Waals surface area contributed by atoms with Gasteiger partial charge in [0.25, 0.3) is 0 Å². The Kier molecular flexibility index (Phi) is 4.21. The van der Waals surface area contributed by atoms with E-state index in [1.807, 2.05) is 18.0 Å². The fourth-order valence-electron chi connectivity index (χ4n) is 1.68. The average molecular weight is 324 g/mol. The lowest BCUT2D eigenvalue weighted by molar-refractivity contribution is 0.373. The van der Waals surface area contributed by atoms with Crippen LogP contribution in [0.2, 0.25) is 0 Å². The first kappa shape index (κ1) is 13.6. The third kappa shape index (κ3) is 3.35. The Labute approximate surface area is 120 Å². The van der Waals surface area contributed by atoms with Crippen molar-refractivity contribution in [2.24, 2.45) is 0 Å². The summed E-state index contributed by atoms with van der Waals surface area (Å²) in [7, 11) is 3.42. The highest BCUT2D eigenvalue weighted by molar-refractivity contribution is 9.10. The topological polar surface area (TPSA) is 58.5 Å². The normalized spacial score (nSPS) is 10.3. The van der Waals surface area contributed by atoms with Gasteiger partial charge in [-0.25, -0.2) is 9.97 Å². The van der Waals surface area contributed by atoms with Crippen molar-refractivity contribution in [2.75, 3.05) is 19.1 Å². The first-order valence-corrected chi connectivity index (χ1v) is 6.44. The fourth-order valence-corrected chi connectivity index (χ4v) is 1.89. The highest BCUT2D eigenvalue weighted by Crippen LogP contribution is 2.27. The van der Waals surface area contributed by atoms with Gasteiger partial charge in [0.2, 0.25) is 5.95 Å². The quantitative estimate of drug-likeness (QED) is 0.937. The van der Waals surface area contributed by atoms with Crippen molar-refractivity contribution in [2.45, 2.75) is 6.54 Å². The van der Waals surface area contributed by atoms with Crippen molar-refractivity contribution in [3.63, 3.8) is 0 Å². The molecule has 5 nitrogen and oxygen atoms in total. The zero-order valence-electron chi connectivity index (χ0n) is 10.7. The molecule has 1 aromatic carbocycles. The predicted molar refractivity (Wildman–Crippen MR) is 76.5 cm³/mol. The number of halogens is 1. The Morgan fingerprint density at radius 3 is 2.58 bits per heavy atom. The van der Waals surface area contributed by atoms with Crippen LogP contribution >= 0.6 is 15.9 Å². The molecule has 0 aliphatic carbocycles. The number of ether oxygens (including phenoxy) is 1. The molecule has 0 unspecified atom stereocenters. The van der Waals surface area contributed by atoms with E-state index in [0.717, 1.165) is 10.0 Å². The zero-order valence-corrected chi connectivity index (χ0v) is 12.3. The molecule has 1 heterocycles. The lowest BCUT2D eigenvalue weighted by atomic mass is 10.2. The van der Waals surface area contributed by atoms with Crippen LogP contribution < -0.4 is 9.64 Å². The van der Waals surface area contributed by atoms with Gasteiger partial charge in [0, 0.05) is 26.0 Å². The minimum Gasteiger partial charge on any atom is -0.504 e. The van der Waals surface area contributed by atoms with Gasteiger partial charge in [0.15, 0.2) is 11.5 Å². The summed E-state index contributed by atoms with van der Waals surface area (Å²) in [6.07, 6.45) is 3.40. The molecule has 2 rings (SSSR count). The van der Waals surface area contributed by atoms with Gasteiger partial charge >= 0.3 is 0 Å². The molecule has 1 N–H and O–H groups in total. The number of aromatic hydroxyl groups is 1. The summed E-state index contributed by atoms with van der Waals surface area (Å²) in [6, 6.07) is 5.31. The van der Waals surface area contributed by atoms with Crippen LogP contribution in [0.5, 0.6) is 11.5 Å². The van der Waals surface area contributed by atoms with Crippen LogP contribution in [-0.4, -0.2) is 29.2 Å². The Hall–Kier alpha value is -1.82. The molecule has 0 saturated carbocycles. The molecule has 19 heavy (non-hydrogen) atoms. The van der Waals surface area contributed by atoms with Crippen LogP contribution in [0.25, 0.3) is 0 Å². The third-order valence-corrected chi connectivity index (χ3v) is 3.02. The van der Waals surface area contributed by atoms with Crippen LogP contribution in [0.15, 0.2) is 35.1 Å². The van der Waals surface area contributed by atoms with Crippen LogP contribution in [0, 0.1) is 0 Å². The number of phenolic OH excluding ortho intramolecular Hbond substituents is 1. The fraction of sp³-hybridized carbons (Fsp3) is 0.231. The number of hydrogen-bond acceptors (Lipinski definition) is 5. The summed E-state index contributed by atoms with van der Waals surface area (Å²) >= 11 is 3.30. The van der Waals surface area contributed by atoms with Crippen molar-refractivity contribution in [3.05, 3.63) is 40.6 Å². The molecule has 0 spiro atoms. The van der Waals surface area contributed by atoms with Crippen molar-refractivity contribution in [1.82, 2.24) is 9.97 Å². The molecule has 0 saturated heterocycles. The highest BCUT2D eigenvalue weighted by Gasteiger charge is 2.07. The number of rotatable bonds is 4. The summed E-state index contributed by atoms with van der Waals surface area (Å²) in [5.41, 5.74) is 0.951. The molecular formula is C13H14BrN3O2. The summed E-state index contributed by atoms with van der Waals surface area (Å²) < 4.78 is 5.85. The molecule has 0 fully saturated rings. The molecule has 2 aromatic rings. The molecule has 0 bridgehead atoms. The van der Waals surface area contributed by atoms with E-state index >= 15 is 0 Å². The minimum atomic E-state index is 0.130. The Morgan fingerprint density at radius 1 is 1.32 bits per heavy atom. The lowest BCUT2D eigenvalue weighted by Crippen LogP contribution is -2.18. The van der Waals surface area contributed by atoms with E-state index in [-0.39, 0.29) is 5.75 Å². The second-order valence-corrected chi connectivity index (χ2v) is 4.98. The lowest BCUT2D eigenvalue weighted by Gasteiger charge is -2.17. The smallest absolute Gasteiger partial charge is 0.225 e. The molecular weight excluding hydrogens is 310 g/mol. The van der Waals surface area contributed by atoms with Gasteiger partial charge in [-0.15, -0.1) is 0 Å². The van der Waals surface area contributed by atoms with Gasteiger partial charge in [-0.05, 0) is 33.6 Å². The summed E-state index contributed by atoms with van der Waals surface area (Å²) in [5, 5.41) is 9.73. The maximum absolute atomic E-state index is 9.73. The van der Waals surface area contributed by atoms with Gasteiger partial charge in [-0.2, -0.15) is 0 Å². The summed E-state index contributed by atoms with van der Waals surface area (Å²) in [6.45, 7) is 0.596. The second-order valence-electron chi connectivity index (χ2n) is 4.06. The summed E-state index contributed by atoms with van der Waals surface area (Å²) in [4.78, 5) is 10.3. The Balaban J connectivity index is 2.12. The van der Waals surface area contributed by atoms with E-state index in [9.17, 15) is 5.11 Å². The van der Waals surface area contributed by atoms with Crippen molar-refractivity contribution < 1.29 is 9.84 Å². The first-order valence-electron chi connectivity index (χ1n) is 5.64. The Morgan fingerprint density at radius 2 is 2.00 bits per heavy atom. The van der Waals surface area contributed by atoms with E-state index in [2.05, 4.69) is 25.9 Å². The maximum Gasteiger partial charge on any atom is 0.225 e. The number of hydrogen-bond donors (Lipinski definition) is 1. The van der Waals surface area contributed by atoms with Crippen LogP contribution in [0.1, 0.15) is 5.56 Å². The number of nitrogens with zero attached hydrogens (tertiary/aromatic N) is 3. The number of phenols is 1. The largest absolute Gasteiger partial charge is 0.504 e. The number of benzene rings is 1. The van der Waals surface area contributed by atoms with Crippen molar-refractivity contribution in [1.29, 1.82) is 0 Å². The van der Waals surface area contributed by atoms with Crippen LogP contribution in [-0.2, 0) is 6.54 Å². The average Bonchev–Trinajstić information content (AvgIpc) is 2.39. The van der Waals surface area contributed by atoms with Gasteiger partial charge in [-0.1, -0.05) is 6.07 Å². The predicted octanol–water partition coefficient (Wildman–Crippen LogP) is 2.59. The maximum atomic E-state index is 9.73. The van der Waals surface area contributed by atoms with Gasteiger partial charge in [-0.3, -0.25) is 0 Å². The molecule has 0 amide bonds. The van der Waals surface area contributed by atoms with E-state index < -0.39 is 0 Å². The van der Waals surface area contributed by atoms with Crippen molar-refractivity contribution in [3.8, 4) is 11.5 Å². The standard InChI is InChI=1S/C13H14BrN3O2/c1-17(13-15-6-10(14)7-16-13)8-9-3-4-12(19-2)11(18)5-9/h3-7,18H,8H2,1-2H3. The van der Waals surface area contributed by atoms with Crippen molar-refractivity contribution >= 4 is 21.9 Å². The molecule has 100 valence electrons. The van der Waals surface area contributed by atoms with Gasteiger partial charge in [0.05, 0.1) is 11.6 Å². The molecule has 0 radical (unpaired) electrons. The third-order valence-electron chi connectivity index (χ3n) is 2.61. The molecule has 0 aliphatic rings. The Bertz CT molecular complexity index is 560. The molecule has 0 aliphatic heterocycles. The minimum absolute atomic E-state index is 0.130. The van der Waals surface area contributed by atoms with E-state index in [4.69, 9.17) is 4.74 Å². The van der Waals surface area contributed by atoms with Crippen LogP contribution in [0.3, 0.4) is 0 Å². The summed E-state index contributed by atoms with van der Waals surface area (Å²) in [5.74, 6) is 1.22. The first-order chi connectivity index (χ1) is 9.10. The van der Waals surface area contributed by atoms with E-state index in [0.29, 0.717) is 18.2 Å². The molecule has 0 atom stereocenters. The number of aromatic nitrogens is 2. The van der Waals surface area contributed by atoms with Gasteiger partial charge < -0.3 is 14.7 Å². The van der Waals surface area contributed by atoms with Gasteiger partial charge in [0.1, 0.15) is 0 Å². The molecule has 1 aromatic heterocycles. The van der Waals surface area contributed by atoms with E-state index in [1.165, 1.54) is 7.11 Å². The highest BCUT2D eigenvalue weighted by atomic mass is 79.9. The SMILES string of the molecule is COc1ccc(CN(C)c2ncc(Br)cn2)cc1O. The van der Waals surface area contributed by atoms with Crippen LogP contribution in [0.4, 0.5) is 5.95 Å². The molecule has 6 heteroatoms. The monoisotopic (exact) mass is 323 g/mol. The number of methoxy groups -OCH3 is 1. The second kappa shape index (κ2) is 5.88.